The van der Waals surface area contributed by atoms with Crippen LogP contribution in [0.4, 0.5) is 0 Å². The molecule has 0 saturated carbocycles. The Morgan fingerprint density at radius 1 is 0.524 bits per heavy atom. The summed E-state index contributed by atoms with van der Waals surface area (Å²) < 4.78 is 0. The van der Waals surface area contributed by atoms with Crippen molar-refractivity contribution >= 4 is 23.9 Å². The maximum Gasteiger partial charge on any atom is 4.00 e. The topological polar surface area (TPSA) is 241 Å². The summed E-state index contributed by atoms with van der Waals surface area (Å²) in [5, 5.41) is 71.5. The second kappa shape index (κ2) is 11.1. The Labute approximate surface area is 128 Å². The molecule has 0 fully saturated rings. The fourth-order valence-corrected chi connectivity index (χ4v) is 0.516. The average molecular weight is 486 g/mol. The predicted octanol–water partition coefficient (Wildman–Crippen LogP) is -9.59. The van der Waals surface area contributed by atoms with Crippen LogP contribution in [0.3, 0.4) is 0 Å². The first kappa shape index (κ1) is 24.4. The Hall–Kier alpha value is -1.64. The second-order valence-corrected chi connectivity index (χ2v) is 3.06. The number of carboxylic acid groups (broad SMARTS) is 4. The quantitative estimate of drug-likeness (QED) is 0.273. The summed E-state index contributed by atoms with van der Waals surface area (Å²) in [6.45, 7) is 0. The zero-order valence-corrected chi connectivity index (χ0v) is 12.3. The Morgan fingerprint density at radius 3 is 0.667 bits per heavy atom. The van der Waals surface area contributed by atoms with Gasteiger partial charge in [0.25, 0.3) is 0 Å². The molecule has 0 radical (unpaired) electrons. The number of carbonyl (C=O) groups excluding carboxylic acids is 4. The van der Waals surface area contributed by atoms with Crippen LogP contribution >= 0.6 is 0 Å². The van der Waals surface area contributed by atoms with Crippen molar-refractivity contribution in [3.05, 3.63) is 0 Å². The molecule has 13 heteroatoms. The molecule has 21 heavy (non-hydrogen) atoms. The van der Waals surface area contributed by atoms with Gasteiger partial charge in [0.15, 0.2) is 0 Å². The van der Waals surface area contributed by atoms with Crippen LogP contribution in [0.5, 0.6) is 0 Å². The van der Waals surface area contributed by atoms with Crippen molar-refractivity contribution in [2.45, 2.75) is 24.4 Å². The van der Waals surface area contributed by atoms with Crippen molar-refractivity contribution in [1.82, 2.24) is 0 Å². The first-order valence-electron chi connectivity index (χ1n) is 4.49. The molecule has 0 rings (SSSR count). The third-order valence-electron chi connectivity index (χ3n) is 1.56. The summed E-state index contributed by atoms with van der Waals surface area (Å²) in [6, 6.07) is 0. The van der Waals surface area contributed by atoms with Gasteiger partial charge in [-0.1, -0.05) is 0 Å². The van der Waals surface area contributed by atoms with E-state index in [-0.39, 0.29) is 19.8 Å². The summed E-state index contributed by atoms with van der Waals surface area (Å²) in [5.41, 5.74) is 0. The molecule has 0 saturated heterocycles. The maximum atomic E-state index is 9.63. The number of aliphatic hydroxyl groups is 4. The van der Waals surface area contributed by atoms with Crippen molar-refractivity contribution in [3.8, 4) is 0 Å². The first-order valence-corrected chi connectivity index (χ1v) is 4.49. The van der Waals surface area contributed by atoms with E-state index in [1.807, 2.05) is 0 Å². The van der Waals surface area contributed by atoms with E-state index in [1.54, 1.807) is 0 Å². The molecule has 0 aliphatic rings. The Bertz CT molecular complexity index is 309. The third-order valence-corrected chi connectivity index (χ3v) is 1.56. The number of hydrogen-bond donors (Lipinski definition) is 4. The number of aliphatic hydroxyl groups excluding tert-OH is 4. The Morgan fingerprint density at radius 2 is 0.619 bits per heavy atom. The molecule has 0 amide bonds. The molecule has 12 nitrogen and oxygen atoms in total. The smallest absolute Gasteiger partial charge is 0.547 e. The van der Waals surface area contributed by atoms with Crippen LogP contribution in [0.2, 0.25) is 0 Å². The van der Waals surface area contributed by atoms with E-state index < -0.39 is 48.3 Å². The summed E-state index contributed by atoms with van der Waals surface area (Å²) in [5.74, 6) is -8.23. The zero-order valence-electron chi connectivity index (χ0n) is 9.72. The molecule has 0 spiro atoms. The van der Waals surface area contributed by atoms with E-state index >= 15 is 0 Å². The average Bonchev–Trinajstić information content (AvgIpc) is 2.35. The molecule has 0 aliphatic heterocycles. The predicted molar refractivity (Wildman–Crippen MR) is 44.1 cm³/mol. The van der Waals surface area contributed by atoms with Crippen LogP contribution in [0.15, 0.2) is 0 Å². The van der Waals surface area contributed by atoms with Crippen LogP contribution in [0, 0.1) is 0 Å². The van der Waals surface area contributed by atoms with E-state index in [1.165, 1.54) is 0 Å². The summed E-state index contributed by atoms with van der Waals surface area (Å²) in [6.07, 6.45) is -9.76. The normalized spacial score (nSPS) is 15.0. The second-order valence-electron chi connectivity index (χ2n) is 3.06. The zero-order chi connectivity index (χ0) is 16.6. The number of aliphatic carboxylic acids is 4. The van der Waals surface area contributed by atoms with Gasteiger partial charge >= 0.3 is 19.8 Å². The number of carbonyl (C=O) groups is 4. The van der Waals surface area contributed by atoms with Gasteiger partial charge in [0.05, 0.1) is 23.9 Å². The fraction of sp³-hybridized carbons (Fsp3) is 0.500. The number of rotatable bonds is 6. The molecule has 0 heterocycles. The Balaban J connectivity index is -0.000000295. The van der Waals surface area contributed by atoms with E-state index in [0.29, 0.717) is 0 Å². The summed E-state index contributed by atoms with van der Waals surface area (Å²) in [7, 11) is 0. The van der Waals surface area contributed by atoms with Gasteiger partial charge in [-0.15, -0.1) is 0 Å². The van der Waals surface area contributed by atoms with Gasteiger partial charge in [0.1, 0.15) is 24.4 Å². The Kier molecular flexibility index (Phi) is 12.8. The van der Waals surface area contributed by atoms with Gasteiger partial charge in [-0.05, 0) is 0 Å². The van der Waals surface area contributed by atoms with Crippen molar-refractivity contribution in [2.75, 3.05) is 0 Å². The van der Waals surface area contributed by atoms with E-state index in [2.05, 4.69) is 0 Å². The van der Waals surface area contributed by atoms with Crippen LogP contribution in [0.1, 0.15) is 0 Å². The molecular formula is C8H8O12Os. The van der Waals surface area contributed by atoms with Crippen molar-refractivity contribution in [1.29, 1.82) is 0 Å². The summed E-state index contributed by atoms with van der Waals surface area (Å²) >= 11 is 0. The van der Waals surface area contributed by atoms with E-state index in [0.717, 1.165) is 0 Å². The van der Waals surface area contributed by atoms with Crippen molar-refractivity contribution in [3.63, 3.8) is 0 Å². The minimum Gasteiger partial charge on any atom is -0.547 e. The minimum atomic E-state index is -2.44. The fourth-order valence-electron chi connectivity index (χ4n) is 0.516. The number of carboxylic acids is 4. The molecular weight excluding hydrogens is 478 g/mol. The maximum absolute atomic E-state index is 9.63. The molecule has 4 N–H and O–H groups in total. The SMILES string of the molecule is O=C([O-])C(O)C(O)C(=O)[O-].O=C([O-])C(O)C(O)C(=O)[O-].[Os+4]. The van der Waals surface area contributed by atoms with Crippen LogP contribution in [-0.2, 0) is 39.0 Å². The van der Waals surface area contributed by atoms with Crippen LogP contribution in [0.25, 0.3) is 0 Å². The molecule has 4 atom stereocenters. The van der Waals surface area contributed by atoms with Crippen molar-refractivity contribution < 1.29 is 79.8 Å². The van der Waals surface area contributed by atoms with Gasteiger partial charge in [0, 0.05) is 0 Å². The monoisotopic (exact) mass is 488 g/mol. The largest absolute Gasteiger partial charge is 4.00 e. The van der Waals surface area contributed by atoms with Gasteiger partial charge < -0.3 is 60.0 Å². The third kappa shape index (κ3) is 9.83. The minimum absolute atomic E-state index is 0. The molecule has 120 valence electrons. The van der Waals surface area contributed by atoms with E-state index in [9.17, 15) is 39.6 Å². The molecule has 4 unspecified atom stereocenters. The molecule has 0 aromatic heterocycles. The van der Waals surface area contributed by atoms with Gasteiger partial charge in [0.2, 0.25) is 0 Å². The standard InChI is InChI=1S/2C4H6O6.Os/c2*5-1(3(7)8)2(6)4(9)10;/h2*1-2,5-6H,(H,7,8)(H,9,10);/q;;+4/p-4. The van der Waals surface area contributed by atoms with Crippen LogP contribution < -0.4 is 20.4 Å². The molecule has 0 aromatic rings. The van der Waals surface area contributed by atoms with Crippen molar-refractivity contribution in [2.24, 2.45) is 0 Å². The first-order chi connectivity index (χ1) is 8.93. The molecule has 0 aromatic carbocycles. The van der Waals surface area contributed by atoms with Crippen LogP contribution in [-0.4, -0.2) is 68.7 Å². The molecule has 0 aliphatic carbocycles. The van der Waals surface area contributed by atoms with E-state index in [4.69, 9.17) is 20.4 Å². The summed E-state index contributed by atoms with van der Waals surface area (Å²) in [4.78, 5) is 38.5. The van der Waals surface area contributed by atoms with Gasteiger partial charge in [-0.25, -0.2) is 0 Å². The molecule has 0 bridgehead atoms. The van der Waals surface area contributed by atoms with Gasteiger partial charge in [-0.2, -0.15) is 0 Å². The van der Waals surface area contributed by atoms with Gasteiger partial charge in [-0.3, -0.25) is 0 Å². The number of hydrogen-bond acceptors (Lipinski definition) is 12.